The quantitative estimate of drug-likeness (QED) is 0.824. The molecule has 0 fully saturated rings. The van der Waals surface area contributed by atoms with Crippen molar-refractivity contribution in [1.29, 1.82) is 0 Å². The molecule has 110 valence electrons. The predicted octanol–water partition coefficient (Wildman–Crippen LogP) is 2.08. The molecule has 1 aromatic carbocycles. The first-order valence-corrected chi connectivity index (χ1v) is 8.19. The Hall–Kier alpha value is -1.99. The molecule has 1 heterocycles. The topological polar surface area (TPSA) is 85.1 Å². The summed E-state index contributed by atoms with van der Waals surface area (Å²) < 4.78 is 27.3. The van der Waals surface area contributed by atoms with Gasteiger partial charge in [-0.25, -0.2) is 8.42 Å². The number of rotatable bonds is 5. The van der Waals surface area contributed by atoms with Gasteiger partial charge in [0.1, 0.15) is 15.6 Å². The number of anilines is 1. The number of hydrogen-bond donors (Lipinski definition) is 2. The molecule has 7 heteroatoms. The van der Waals surface area contributed by atoms with Crippen LogP contribution >= 0.6 is 12.2 Å². The highest BCUT2D eigenvalue weighted by atomic mass is 32.2. The summed E-state index contributed by atoms with van der Waals surface area (Å²) in [6.07, 6.45) is 2.34. The molecule has 3 N–H and O–H groups in total. The van der Waals surface area contributed by atoms with Crippen LogP contribution in [-0.2, 0) is 16.4 Å². The summed E-state index contributed by atoms with van der Waals surface area (Å²) >= 11 is 4.84. The van der Waals surface area contributed by atoms with E-state index >= 15 is 0 Å². The lowest BCUT2D eigenvalue weighted by atomic mass is 10.2. The van der Waals surface area contributed by atoms with Crippen molar-refractivity contribution in [2.75, 3.05) is 4.72 Å². The number of thiocarbonyl (C=S) groups is 1. The molecule has 2 rings (SSSR count). The van der Waals surface area contributed by atoms with E-state index < -0.39 is 10.0 Å². The molecule has 0 saturated heterocycles. The van der Waals surface area contributed by atoms with Gasteiger partial charge in [-0.15, -0.1) is 0 Å². The molecule has 2 aromatic rings. The number of pyridine rings is 1. The van der Waals surface area contributed by atoms with Crippen molar-refractivity contribution in [3.8, 4) is 0 Å². The molecule has 0 radical (unpaired) electrons. The largest absolute Gasteiger partial charge is 0.388 e. The van der Waals surface area contributed by atoms with Crippen molar-refractivity contribution in [3.63, 3.8) is 0 Å². The molecule has 0 amide bonds. The van der Waals surface area contributed by atoms with Gasteiger partial charge in [-0.1, -0.05) is 31.3 Å². The zero-order valence-corrected chi connectivity index (χ0v) is 13.0. The molecular weight excluding hydrogens is 306 g/mol. The second kappa shape index (κ2) is 6.19. The van der Waals surface area contributed by atoms with Gasteiger partial charge in [0.05, 0.1) is 0 Å². The van der Waals surface area contributed by atoms with Gasteiger partial charge in [-0.2, -0.15) is 0 Å². The van der Waals surface area contributed by atoms with Crippen LogP contribution in [0.3, 0.4) is 0 Å². The van der Waals surface area contributed by atoms with Gasteiger partial charge in [-0.05, 0) is 36.2 Å². The smallest absolute Gasteiger partial charge is 0.264 e. The number of benzene rings is 1. The fraction of sp³-hybridized carbons (Fsp3) is 0.143. The first-order chi connectivity index (χ1) is 9.94. The number of sulfonamides is 1. The maximum atomic E-state index is 12.4. The van der Waals surface area contributed by atoms with Crippen molar-refractivity contribution >= 4 is 32.9 Å². The molecule has 21 heavy (non-hydrogen) atoms. The van der Waals surface area contributed by atoms with Crippen LogP contribution in [0.4, 0.5) is 5.69 Å². The molecule has 0 unspecified atom stereocenters. The van der Waals surface area contributed by atoms with Crippen LogP contribution in [0.1, 0.15) is 18.2 Å². The minimum Gasteiger partial charge on any atom is -0.388 e. The van der Waals surface area contributed by atoms with Crippen LogP contribution in [0.2, 0.25) is 0 Å². The Bertz CT molecular complexity index is 756. The second-order valence-electron chi connectivity index (χ2n) is 4.37. The average molecular weight is 321 g/mol. The molecule has 0 bridgehead atoms. The van der Waals surface area contributed by atoms with Gasteiger partial charge in [-0.3, -0.25) is 9.71 Å². The molecule has 0 saturated carbocycles. The highest BCUT2D eigenvalue weighted by Gasteiger charge is 2.20. The number of nitrogens with one attached hydrogen (secondary N) is 1. The Balaban J connectivity index is 2.36. The van der Waals surface area contributed by atoms with Crippen molar-refractivity contribution in [3.05, 3.63) is 53.9 Å². The fourth-order valence-corrected chi connectivity index (χ4v) is 3.27. The van der Waals surface area contributed by atoms with E-state index in [1.54, 1.807) is 12.1 Å². The molecule has 0 aliphatic heterocycles. The summed E-state index contributed by atoms with van der Waals surface area (Å²) in [5.41, 5.74) is 7.21. The Morgan fingerprint density at radius 3 is 2.52 bits per heavy atom. The highest BCUT2D eigenvalue weighted by Crippen LogP contribution is 2.19. The Labute approximate surface area is 129 Å². The Kier molecular flexibility index (Phi) is 4.54. The summed E-state index contributed by atoms with van der Waals surface area (Å²) in [6, 6.07) is 10.1. The third-order valence-electron chi connectivity index (χ3n) is 2.91. The maximum Gasteiger partial charge on any atom is 0.264 e. The summed E-state index contributed by atoms with van der Waals surface area (Å²) in [4.78, 5) is 3.84. The van der Waals surface area contributed by atoms with E-state index in [2.05, 4.69) is 9.71 Å². The van der Waals surface area contributed by atoms with Gasteiger partial charge in [0.25, 0.3) is 10.0 Å². The fourth-order valence-electron chi connectivity index (χ4n) is 1.81. The van der Waals surface area contributed by atoms with E-state index in [0.29, 0.717) is 5.69 Å². The summed E-state index contributed by atoms with van der Waals surface area (Å²) in [5, 5.41) is 0. The lowest BCUT2D eigenvalue weighted by Gasteiger charge is -2.11. The van der Waals surface area contributed by atoms with E-state index in [1.807, 2.05) is 19.1 Å². The third kappa shape index (κ3) is 3.56. The summed E-state index contributed by atoms with van der Waals surface area (Å²) in [7, 11) is -3.79. The van der Waals surface area contributed by atoms with E-state index in [9.17, 15) is 8.42 Å². The molecule has 5 nitrogen and oxygen atoms in total. The van der Waals surface area contributed by atoms with Gasteiger partial charge < -0.3 is 5.73 Å². The zero-order chi connectivity index (χ0) is 15.5. The molecule has 1 aromatic heterocycles. The van der Waals surface area contributed by atoms with Crippen LogP contribution < -0.4 is 10.5 Å². The molecular formula is C14H15N3O2S2. The second-order valence-corrected chi connectivity index (χ2v) is 6.46. The summed E-state index contributed by atoms with van der Waals surface area (Å²) in [5.74, 6) is 0. The zero-order valence-electron chi connectivity index (χ0n) is 11.4. The van der Waals surface area contributed by atoms with E-state index in [0.717, 1.165) is 12.0 Å². The lowest BCUT2D eigenvalue weighted by molar-refractivity contribution is 0.600. The summed E-state index contributed by atoms with van der Waals surface area (Å²) in [6.45, 7) is 2.03. The lowest BCUT2D eigenvalue weighted by Crippen LogP contribution is -2.21. The minimum absolute atomic E-state index is 0.0305. The SMILES string of the molecule is CCc1ccc(NS(=O)(=O)c2cccnc2C(N)=S)cc1. The van der Waals surface area contributed by atoms with Gasteiger partial charge in [0, 0.05) is 11.9 Å². The molecule has 0 atom stereocenters. The highest BCUT2D eigenvalue weighted by molar-refractivity contribution is 7.93. The van der Waals surface area contributed by atoms with Gasteiger partial charge in [0.15, 0.2) is 0 Å². The number of hydrogen-bond acceptors (Lipinski definition) is 4. The first-order valence-electron chi connectivity index (χ1n) is 6.30. The maximum absolute atomic E-state index is 12.4. The van der Waals surface area contributed by atoms with E-state index in [1.165, 1.54) is 18.3 Å². The minimum atomic E-state index is -3.79. The normalized spacial score (nSPS) is 11.1. The standard InChI is InChI=1S/C14H15N3O2S2/c1-2-10-5-7-11(8-6-10)17-21(18,19)12-4-3-9-16-13(12)14(15)20/h3-9,17H,2H2,1H3,(H2,15,20). The van der Waals surface area contributed by atoms with Crippen LogP contribution in [0.5, 0.6) is 0 Å². The van der Waals surface area contributed by atoms with Crippen LogP contribution in [-0.4, -0.2) is 18.4 Å². The number of nitrogens with two attached hydrogens (primary N) is 1. The number of aryl methyl sites for hydroxylation is 1. The molecule has 0 aliphatic carbocycles. The van der Waals surface area contributed by atoms with Gasteiger partial charge in [0.2, 0.25) is 0 Å². The number of nitrogens with zero attached hydrogens (tertiary/aromatic N) is 1. The van der Waals surface area contributed by atoms with Gasteiger partial charge >= 0.3 is 0 Å². The number of aromatic nitrogens is 1. The predicted molar refractivity (Wildman–Crippen MR) is 86.8 cm³/mol. The third-order valence-corrected chi connectivity index (χ3v) is 4.51. The van der Waals surface area contributed by atoms with Crippen molar-refractivity contribution in [2.45, 2.75) is 18.2 Å². The van der Waals surface area contributed by atoms with Crippen molar-refractivity contribution in [2.24, 2.45) is 5.73 Å². The van der Waals surface area contributed by atoms with Crippen molar-refractivity contribution < 1.29 is 8.42 Å². The molecule has 0 aliphatic rings. The Morgan fingerprint density at radius 2 is 1.95 bits per heavy atom. The van der Waals surface area contributed by atoms with E-state index in [4.69, 9.17) is 18.0 Å². The van der Waals surface area contributed by atoms with Crippen molar-refractivity contribution in [1.82, 2.24) is 4.98 Å². The average Bonchev–Trinajstić information content (AvgIpc) is 2.47. The Morgan fingerprint density at radius 1 is 1.29 bits per heavy atom. The van der Waals surface area contributed by atoms with E-state index in [-0.39, 0.29) is 15.6 Å². The first kappa shape index (κ1) is 15.4. The van der Waals surface area contributed by atoms with Crippen LogP contribution in [0.25, 0.3) is 0 Å². The van der Waals surface area contributed by atoms with Crippen LogP contribution in [0.15, 0.2) is 47.5 Å². The van der Waals surface area contributed by atoms with Crippen LogP contribution in [0, 0.1) is 0 Å². The molecule has 0 spiro atoms. The monoisotopic (exact) mass is 321 g/mol.